The maximum atomic E-state index is 12.1. The molecule has 0 spiro atoms. The zero-order chi connectivity index (χ0) is 15.9. The van der Waals surface area contributed by atoms with Gasteiger partial charge >= 0.3 is 5.97 Å². The second-order valence-corrected chi connectivity index (χ2v) is 6.42. The van der Waals surface area contributed by atoms with Crippen molar-refractivity contribution in [3.8, 4) is 0 Å². The van der Waals surface area contributed by atoms with Gasteiger partial charge in [0.15, 0.2) is 0 Å². The summed E-state index contributed by atoms with van der Waals surface area (Å²) in [5.74, 6) is -0.242. The van der Waals surface area contributed by atoms with E-state index in [-0.39, 0.29) is 18.4 Å². The molecule has 4 nitrogen and oxygen atoms in total. The number of hydrogen-bond donors (Lipinski definition) is 2. The van der Waals surface area contributed by atoms with E-state index in [2.05, 4.69) is 5.32 Å². The molecule has 1 aromatic carbocycles. The summed E-state index contributed by atoms with van der Waals surface area (Å²) in [6.07, 6.45) is 2.84. The number of carboxylic acid groups (broad SMARTS) is 1. The number of benzene rings is 1. The highest BCUT2D eigenvalue weighted by molar-refractivity contribution is 7.98. The van der Waals surface area contributed by atoms with Crippen LogP contribution in [0.15, 0.2) is 30.3 Å². The third-order valence-corrected chi connectivity index (χ3v) is 4.20. The van der Waals surface area contributed by atoms with Crippen LogP contribution in [0.25, 0.3) is 0 Å². The van der Waals surface area contributed by atoms with Crippen LogP contribution in [0.3, 0.4) is 0 Å². The van der Waals surface area contributed by atoms with Gasteiger partial charge in [0, 0.05) is 12.5 Å². The SMILES string of the molecule is CSCCC(C)NC(=O)CC(C)(C(=O)O)c1ccccc1. The molecule has 5 heteroatoms. The highest BCUT2D eigenvalue weighted by Gasteiger charge is 2.37. The normalized spacial score (nSPS) is 15.0. The maximum Gasteiger partial charge on any atom is 0.314 e. The largest absolute Gasteiger partial charge is 0.481 e. The van der Waals surface area contributed by atoms with Crippen molar-refractivity contribution in [3.05, 3.63) is 35.9 Å². The molecule has 2 atom stereocenters. The van der Waals surface area contributed by atoms with E-state index in [4.69, 9.17) is 0 Å². The number of thioether (sulfide) groups is 1. The van der Waals surface area contributed by atoms with E-state index in [1.54, 1.807) is 43.0 Å². The van der Waals surface area contributed by atoms with Crippen molar-refractivity contribution in [1.82, 2.24) is 5.32 Å². The fourth-order valence-electron chi connectivity index (χ4n) is 2.12. The average molecular weight is 309 g/mol. The topological polar surface area (TPSA) is 66.4 Å². The van der Waals surface area contributed by atoms with Crippen molar-refractivity contribution in [2.75, 3.05) is 12.0 Å². The number of carbonyl (C=O) groups is 2. The zero-order valence-electron chi connectivity index (χ0n) is 12.8. The standard InChI is InChI=1S/C16H23NO3S/c1-12(9-10-21-3)17-14(18)11-16(2,15(19)20)13-7-5-4-6-8-13/h4-8,12H,9-11H2,1-3H3,(H,17,18)(H,19,20). The molecule has 21 heavy (non-hydrogen) atoms. The van der Waals surface area contributed by atoms with E-state index in [0.717, 1.165) is 12.2 Å². The van der Waals surface area contributed by atoms with E-state index < -0.39 is 11.4 Å². The fourth-order valence-corrected chi connectivity index (χ4v) is 2.71. The molecule has 0 aliphatic heterocycles. The van der Waals surface area contributed by atoms with Crippen molar-refractivity contribution < 1.29 is 14.7 Å². The van der Waals surface area contributed by atoms with Gasteiger partial charge in [0.1, 0.15) is 0 Å². The summed E-state index contributed by atoms with van der Waals surface area (Å²) in [5, 5.41) is 12.4. The van der Waals surface area contributed by atoms with Crippen LogP contribution >= 0.6 is 11.8 Å². The molecule has 0 saturated carbocycles. The summed E-state index contributed by atoms with van der Waals surface area (Å²) in [5.41, 5.74) is -0.561. The van der Waals surface area contributed by atoms with Crippen LogP contribution in [0.1, 0.15) is 32.3 Å². The summed E-state index contributed by atoms with van der Waals surface area (Å²) in [7, 11) is 0. The minimum absolute atomic E-state index is 0.0544. The number of carbonyl (C=O) groups excluding carboxylic acids is 1. The van der Waals surface area contributed by atoms with Gasteiger partial charge in [-0.2, -0.15) is 11.8 Å². The van der Waals surface area contributed by atoms with Crippen LogP contribution in [-0.4, -0.2) is 35.0 Å². The molecule has 0 radical (unpaired) electrons. The monoisotopic (exact) mass is 309 g/mol. The lowest BCUT2D eigenvalue weighted by Gasteiger charge is -2.25. The molecular formula is C16H23NO3S. The van der Waals surface area contributed by atoms with Gasteiger partial charge < -0.3 is 10.4 Å². The Kier molecular flexibility index (Phi) is 6.75. The number of carboxylic acids is 1. The highest BCUT2D eigenvalue weighted by atomic mass is 32.2. The van der Waals surface area contributed by atoms with E-state index >= 15 is 0 Å². The Morgan fingerprint density at radius 2 is 1.95 bits per heavy atom. The van der Waals surface area contributed by atoms with Gasteiger partial charge in [-0.1, -0.05) is 30.3 Å². The Hall–Kier alpha value is -1.49. The van der Waals surface area contributed by atoms with Gasteiger partial charge in [-0.05, 0) is 37.8 Å². The third kappa shape index (κ3) is 5.08. The Balaban J connectivity index is 2.75. The highest BCUT2D eigenvalue weighted by Crippen LogP contribution is 2.28. The van der Waals surface area contributed by atoms with Gasteiger partial charge in [0.05, 0.1) is 5.41 Å². The van der Waals surface area contributed by atoms with Gasteiger partial charge in [0.2, 0.25) is 5.91 Å². The van der Waals surface area contributed by atoms with Crippen molar-refractivity contribution in [1.29, 1.82) is 0 Å². The van der Waals surface area contributed by atoms with Crippen LogP contribution in [0.2, 0.25) is 0 Å². The summed E-state index contributed by atoms with van der Waals surface area (Å²) in [4.78, 5) is 23.8. The molecule has 0 heterocycles. The predicted molar refractivity (Wildman–Crippen MR) is 86.7 cm³/mol. The van der Waals surface area contributed by atoms with Crippen molar-refractivity contribution in [2.45, 2.75) is 38.1 Å². The molecule has 0 aliphatic rings. The summed E-state index contributed by atoms with van der Waals surface area (Å²) >= 11 is 1.73. The lowest BCUT2D eigenvalue weighted by Crippen LogP contribution is -2.41. The average Bonchev–Trinajstić information content (AvgIpc) is 2.45. The summed E-state index contributed by atoms with van der Waals surface area (Å²) < 4.78 is 0. The minimum atomic E-state index is -1.20. The molecule has 0 bridgehead atoms. The number of aliphatic carboxylic acids is 1. The number of hydrogen-bond acceptors (Lipinski definition) is 3. The molecule has 0 aromatic heterocycles. The maximum absolute atomic E-state index is 12.1. The molecule has 1 amide bonds. The molecular weight excluding hydrogens is 286 g/mol. The van der Waals surface area contributed by atoms with Crippen LogP contribution < -0.4 is 5.32 Å². The first kappa shape index (κ1) is 17.6. The van der Waals surface area contributed by atoms with Crippen LogP contribution in [0, 0.1) is 0 Å². The lowest BCUT2D eigenvalue weighted by atomic mass is 9.79. The molecule has 1 aromatic rings. The molecule has 1 rings (SSSR count). The Labute approximate surface area is 130 Å². The van der Waals surface area contributed by atoms with Gasteiger partial charge in [-0.25, -0.2) is 0 Å². The van der Waals surface area contributed by atoms with E-state index in [9.17, 15) is 14.7 Å². The molecule has 0 saturated heterocycles. The molecule has 116 valence electrons. The predicted octanol–water partition coefficient (Wildman–Crippen LogP) is 2.68. The Morgan fingerprint density at radius 1 is 1.33 bits per heavy atom. The van der Waals surface area contributed by atoms with Crippen LogP contribution in [-0.2, 0) is 15.0 Å². The summed E-state index contributed by atoms with van der Waals surface area (Å²) in [6.45, 7) is 3.53. The van der Waals surface area contributed by atoms with Gasteiger partial charge in [0.25, 0.3) is 0 Å². The first-order valence-electron chi connectivity index (χ1n) is 6.97. The van der Waals surface area contributed by atoms with E-state index in [0.29, 0.717) is 5.56 Å². The number of nitrogens with one attached hydrogen (secondary N) is 1. The molecule has 2 unspecified atom stereocenters. The first-order valence-corrected chi connectivity index (χ1v) is 8.36. The van der Waals surface area contributed by atoms with E-state index in [1.165, 1.54) is 0 Å². The molecule has 0 aliphatic carbocycles. The minimum Gasteiger partial charge on any atom is -0.481 e. The molecule has 2 N–H and O–H groups in total. The van der Waals surface area contributed by atoms with Crippen molar-refractivity contribution in [3.63, 3.8) is 0 Å². The second kappa shape index (κ2) is 8.08. The van der Waals surface area contributed by atoms with E-state index in [1.807, 2.05) is 19.2 Å². The van der Waals surface area contributed by atoms with Crippen LogP contribution in [0.4, 0.5) is 0 Å². The first-order chi connectivity index (χ1) is 9.90. The number of rotatable bonds is 8. The Morgan fingerprint density at radius 3 is 2.48 bits per heavy atom. The van der Waals surface area contributed by atoms with Crippen molar-refractivity contribution in [2.24, 2.45) is 0 Å². The van der Waals surface area contributed by atoms with Gasteiger partial charge in [-0.3, -0.25) is 9.59 Å². The third-order valence-electron chi connectivity index (χ3n) is 3.56. The second-order valence-electron chi connectivity index (χ2n) is 5.43. The molecule has 0 fully saturated rings. The zero-order valence-corrected chi connectivity index (χ0v) is 13.6. The van der Waals surface area contributed by atoms with Gasteiger partial charge in [-0.15, -0.1) is 0 Å². The lowest BCUT2D eigenvalue weighted by molar-refractivity contribution is -0.145. The quantitative estimate of drug-likeness (QED) is 0.775. The van der Waals surface area contributed by atoms with Crippen LogP contribution in [0.5, 0.6) is 0 Å². The fraction of sp³-hybridized carbons (Fsp3) is 0.500. The number of amides is 1. The van der Waals surface area contributed by atoms with Crippen molar-refractivity contribution >= 4 is 23.6 Å². The smallest absolute Gasteiger partial charge is 0.314 e. The summed E-state index contributed by atoms with van der Waals surface area (Å²) in [6, 6.07) is 8.96. The Bertz CT molecular complexity index is 478.